The number of furan rings is 1. The molecule has 130 valence electrons. The lowest BCUT2D eigenvalue weighted by molar-refractivity contribution is -0.145. The van der Waals surface area contributed by atoms with Crippen LogP contribution in [0.2, 0.25) is 0 Å². The molecule has 0 N–H and O–H groups in total. The fraction of sp³-hybridized carbons (Fsp3) is 0.647. The lowest BCUT2D eigenvalue weighted by atomic mass is 10.1. The number of esters is 1. The highest BCUT2D eigenvalue weighted by Crippen LogP contribution is 2.10. The van der Waals surface area contributed by atoms with Gasteiger partial charge in [-0.15, -0.1) is 0 Å². The summed E-state index contributed by atoms with van der Waals surface area (Å²) in [6.07, 6.45) is 2.33. The molecule has 23 heavy (non-hydrogen) atoms. The Balaban J connectivity index is 2.68. The second kappa shape index (κ2) is 10.0. The SMILES string of the molecule is CCN(CC)CCCN(CC(C)C(=O)OC)C(=O)c1ccco1. The Kier molecular flexibility index (Phi) is 8.40. The van der Waals surface area contributed by atoms with Gasteiger partial charge in [-0.3, -0.25) is 9.59 Å². The zero-order valence-corrected chi connectivity index (χ0v) is 14.6. The smallest absolute Gasteiger partial charge is 0.310 e. The summed E-state index contributed by atoms with van der Waals surface area (Å²) in [5.74, 6) is -0.575. The van der Waals surface area contributed by atoms with E-state index in [1.54, 1.807) is 24.0 Å². The Morgan fingerprint density at radius 2 is 1.96 bits per heavy atom. The van der Waals surface area contributed by atoms with Gasteiger partial charge >= 0.3 is 5.97 Å². The number of carbonyl (C=O) groups is 2. The largest absolute Gasteiger partial charge is 0.469 e. The van der Waals surface area contributed by atoms with E-state index in [9.17, 15) is 9.59 Å². The molecular formula is C17H28N2O4. The second-order valence-corrected chi connectivity index (χ2v) is 5.53. The summed E-state index contributed by atoms with van der Waals surface area (Å²) in [5, 5.41) is 0. The first-order valence-corrected chi connectivity index (χ1v) is 8.16. The van der Waals surface area contributed by atoms with Crippen LogP contribution in [-0.4, -0.2) is 61.5 Å². The molecule has 0 bridgehead atoms. The number of ether oxygens (including phenoxy) is 1. The van der Waals surface area contributed by atoms with E-state index in [0.29, 0.717) is 18.8 Å². The first-order chi connectivity index (χ1) is 11.0. The number of methoxy groups -OCH3 is 1. The summed E-state index contributed by atoms with van der Waals surface area (Å²) >= 11 is 0. The molecule has 1 aromatic rings. The van der Waals surface area contributed by atoms with Crippen molar-refractivity contribution >= 4 is 11.9 Å². The van der Waals surface area contributed by atoms with Crippen LogP contribution in [0.5, 0.6) is 0 Å². The van der Waals surface area contributed by atoms with Crippen molar-refractivity contribution in [2.45, 2.75) is 27.2 Å². The van der Waals surface area contributed by atoms with E-state index in [2.05, 4.69) is 18.7 Å². The Bertz CT molecular complexity index is 469. The third-order valence-corrected chi connectivity index (χ3v) is 3.91. The quantitative estimate of drug-likeness (QED) is 0.618. The standard InChI is InChI=1S/C17H28N2O4/c1-5-18(6-2)10-8-11-19(13-14(3)17(21)22-4)16(20)15-9-7-12-23-15/h7,9,12,14H,5-6,8,10-11,13H2,1-4H3. The van der Waals surface area contributed by atoms with Crippen LogP contribution in [0.15, 0.2) is 22.8 Å². The van der Waals surface area contributed by atoms with Gasteiger partial charge in [0.25, 0.3) is 5.91 Å². The summed E-state index contributed by atoms with van der Waals surface area (Å²) in [6.45, 7) is 9.80. The average molecular weight is 324 g/mol. The van der Waals surface area contributed by atoms with E-state index in [4.69, 9.17) is 9.15 Å². The van der Waals surface area contributed by atoms with Crippen LogP contribution >= 0.6 is 0 Å². The van der Waals surface area contributed by atoms with Gasteiger partial charge in [0.15, 0.2) is 5.76 Å². The first-order valence-electron chi connectivity index (χ1n) is 8.16. The van der Waals surface area contributed by atoms with E-state index >= 15 is 0 Å². The van der Waals surface area contributed by atoms with Crippen LogP contribution in [0.4, 0.5) is 0 Å². The molecular weight excluding hydrogens is 296 g/mol. The van der Waals surface area contributed by atoms with E-state index < -0.39 is 0 Å². The minimum atomic E-state index is -0.368. The molecule has 6 nitrogen and oxygen atoms in total. The minimum absolute atomic E-state index is 0.190. The van der Waals surface area contributed by atoms with Gasteiger partial charge in [-0.25, -0.2) is 0 Å². The zero-order chi connectivity index (χ0) is 17.2. The van der Waals surface area contributed by atoms with Crippen LogP contribution in [0.25, 0.3) is 0 Å². The van der Waals surface area contributed by atoms with Gasteiger partial charge in [0.2, 0.25) is 0 Å². The van der Waals surface area contributed by atoms with Gasteiger partial charge in [0.05, 0.1) is 19.3 Å². The van der Waals surface area contributed by atoms with Crippen LogP contribution in [0, 0.1) is 5.92 Å². The van der Waals surface area contributed by atoms with Crippen molar-refractivity contribution in [3.05, 3.63) is 24.2 Å². The summed E-state index contributed by atoms with van der Waals surface area (Å²) in [5.41, 5.74) is 0. The van der Waals surface area contributed by atoms with Gasteiger partial charge in [-0.2, -0.15) is 0 Å². The Morgan fingerprint density at radius 3 is 2.48 bits per heavy atom. The minimum Gasteiger partial charge on any atom is -0.469 e. The van der Waals surface area contributed by atoms with Gasteiger partial charge < -0.3 is 19.0 Å². The Morgan fingerprint density at radius 1 is 1.26 bits per heavy atom. The Hall–Kier alpha value is -1.82. The molecule has 1 heterocycles. The third kappa shape index (κ3) is 6.06. The number of amides is 1. The lowest BCUT2D eigenvalue weighted by Gasteiger charge is -2.26. The number of hydrogen-bond acceptors (Lipinski definition) is 5. The van der Waals surface area contributed by atoms with E-state index in [-0.39, 0.29) is 17.8 Å². The monoisotopic (exact) mass is 324 g/mol. The molecule has 1 amide bonds. The fourth-order valence-corrected chi connectivity index (χ4v) is 2.46. The van der Waals surface area contributed by atoms with Crippen molar-refractivity contribution in [1.82, 2.24) is 9.80 Å². The second-order valence-electron chi connectivity index (χ2n) is 5.53. The van der Waals surface area contributed by atoms with Crippen molar-refractivity contribution < 1.29 is 18.7 Å². The summed E-state index contributed by atoms with van der Waals surface area (Å²) < 4.78 is 9.95. The molecule has 1 rings (SSSR count). The predicted molar refractivity (Wildman–Crippen MR) is 88.2 cm³/mol. The molecule has 6 heteroatoms. The van der Waals surface area contributed by atoms with Crippen molar-refractivity contribution in [3.63, 3.8) is 0 Å². The zero-order valence-electron chi connectivity index (χ0n) is 14.6. The van der Waals surface area contributed by atoms with Gasteiger partial charge in [-0.1, -0.05) is 20.8 Å². The number of carbonyl (C=O) groups excluding carboxylic acids is 2. The molecule has 0 radical (unpaired) electrons. The predicted octanol–water partition coefficient (Wildman–Crippen LogP) is 2.26. The molecule has 1 unspecified atom stereocenters. The molecule has 0 aliphatic heterocycles. The van der Waals surface area contributed by atoms with E-state index in [1.807, 2.05) is 0 Å². The van der Waals surface area contributed by atoms with Crippen LogP contribution in [-0.2, 0) is 9.53 Å². The highest BCUT2D eigenvalue weighted by Gasteiger charge is 2.23. The summed E-state index contributed by atoms with van der Waals surface area (Å²) in [7, 11) is 1.36. The van der Waals surface area contributed by atoms with Crippen molar-refractivity contribution in [1.29, 1.82) is 0 Å². The maximum absolute atomic E-state index is 12.5. The number of rotatable bonds is 10. The van der Waals surface area contributed by atoms with Crippen LogP contribution in [0.3, 0.4) is 0 Å². The van der Waals surface area contributed by atoms with Gasteiger partial charge in [0, 0.05) is 13.1 Å². The van der Waals surface area contributed by atoms with Crippen LogP contribution < -0.4 is 0 Å². The lowest BCUT2D eigenvalue weighted by Crippen LogP contribution is -2.39. The normalized spacial score (nSPS) is 12.2. The molecule has 0 aliphatic carbocycles. The number of hydrogen-bond donors (Lipinski definition) is 0. The summed E-state index contributed by atoms with van der Waals surface area (Å²) in [4.78, 5) is 28.1. The van der Waals surface area contributed by atoms with E-state index in [0.717, 1.165) is 26.1 Å². The topological polar surface area (TPSA) is 63.0 Å². The van der Waals surface area contributed by atoms with Gasteiger partial charge in [-0.05, 0) is 38.2 Å². The molecule has 0 aromatic carbocycles. The molecule has 0 saturated carbocycles. The van der Waals surface area contributed by atoms with E-state index in [1.165, 1.54) is 13.4 Å². The Labute approximate surface area is 138 Å². The average Bonchev–Trinajstić information content (AvgIpc) is 3.10. The molecule has 1 atom stereocenters. The molecule has 0 spiro atoms. The van der Waals surface area contributed by atoms with Crippen molar-refractivity contribution in [2.24, 2.45) is 5.92 Å². The maximum atomic E-state index is 12.5. The maximum Gasteiger partial charge on any atom is 0.310 e. The third-order valence-electron chi connectivity index (χ3n) is 3.91. The molecule has 0 saturated heterocycles. The van der Waals surface area contributed by atoms with Gasteiger partial charge in [0.1, 0.15) is 0 Å². The summed E-state index contributed by atoms with van der Waals surface area (Å²) in [6, 6.07) is 3.33. The highest BCUT2D eigenvalue weighted by molar-refractivity contribution is 5.91. The first kappa shape index (κ1) is 19.2. The number of nitrogens with zero attached hydrogens (tertiary/aromatic N) is 2. The molecule has 1 aromatic heterocycles. The van der Waals surface area contributed by atoms with Crippen molar-refractivity contribution in [2.75, 3.05) is 39.8 Å². The molecule has 0 fully saturated rings. The van der Waals surface area contributed by atoms with Crippen LogP contribution in [0.1, 0.15) is 37.7 Å². The fourth-order valence-electron chi connectivity index (χ4n) is 2.46. The molecule has 0 aliphatic rings. The highest BCUT2D eigenvalue weighted by atomic mass is 16.5. The van der Waals surface area contributed by atoms with Crippen molar-refractivity contribution in [3.8, 4) is 0 Å².